The second-order valence-electron chi connectivity index (χ2n) is 5.14. The lowest BCUT2D eigenvalue weighted by atomic mass is 9.90. The highest BCUT2D eigenvalue weighted by molar-refractivity contribution is 5.91. The van der Waals surface area contributed by atoms with Crippen molar-refractivity contribution in [3.63, 3.8) is 0 Å². The van der Waals surface area contributed by atoms with Gasteiger partial charge in [-0.1, -0.05) is 19.9 Å². The van der Waals surface area contributed by atoms with E-state index >= 15 is 0 Å². The highest BCUT2D eigenvalue weighted by atomic mass is 16.5. The SMILES string of the molecule is CC(C)[C@](C)(C#N)NC(=O)COC(=O)c1cccc(O)c1. The van der Waals surface area contributed by atoms with Gasteiger partial charge in [-0.2, -0.15) is 5.26 Å². The molecule has 21 heavy (non-hydrogen) atoms. The summed E-state index contributed by atoms with van der Waals surface area (Å²) in [6, 6.07) is 7.66. The van der Waals surface area contributed by atoms with Crippen LogP contribution < -0.4 is 5.32 Å². The van der Waals surface area contributed by atoms with Crippen LogP contribution in [0.4, 0.5) is 0 Å². The number of nitrogens with one attached hydrogen (secondary N) is 1. The molecule has 0 aromatic heterocycles. The molecule has 0 fully saturated rings. The molecular weight excluding hydrogens is 272 g/mol. The number of amides is 1. The zero-order valence-corrected chi connectivity index (χ0v) is 12.2. The maximum Gasteiger partial charge on any atom is 0.338 e. The first-order chi connectivity index (χ1) is 9.78. The normalized spacial score (nSPS) is 13.1. The summed E-state index contributed by atoms with van der Waals surface area (Å²) >= 11 is 0. The van der Waals surface area contributed by atoms with Gasteiger partial charge in [0, 0.05) is 0 Å². The molecule has 1 rings (SSSR count). The number of nitrogens with zero attached hydrogens (tertiary/aromatic N) is 1. The van der Waals surface area contributed by atoms with Crippen LogP contribution in [0.15, 0.2) is 24.3 Å². The number of hydrogen-bond donors (Lipinski definition) is 2. The van der Waals surface area contributed by atoms with Gasteiger partial charge in [-0.25, -0.2) is 4.79 Å². The highest BCUT2D eigenvalue weighted by Crippen LogP contribution is 2.15. The van der Waals surface area contributed by atoms with Crippen molar-refractivity contribution >= 4 is 11.9 Å². The molecule has 0 bridgehead atoms. The van der Waals surface area contributed by atoms with E-state index in [0.717, 1.165) is 0 Å². The summed E-state index contributed by atoms with van der Waals surface area (Å²) in [5.74, 6) is -1.43. The van der Waals surface area contributed by atoms with Gasteiger partial charge >= 0.3 is 5.97 Å². The fraction of sp³-hybridized carbons (Fsp3) is 0.400. The molecule has 6 nitrogen and oxygen atoms in total. The Balaban J connectivity index is 2.58. The van der Waals surface area contributed by atoms with Crippen molar-refractivity contribution in [3.8, 4) is 11.8 Å². The van der Waals surface area contributed by atoms with E-state index in [1.807, 2.05) is 19.9 Å². The molecular formula is C15H18N2O4. The summed E-state index contributed by atoms with van der Waals surface area (Å²) in [4.78, 5) is 23.4. The second kappa shape index (κ2) is 6.75. The van der Waals surface area contributed by atoms with Crippen LogP contribution in [0.2, 0.25) is 0 Å². The second-order valence-corrected chi connectivity index (χ2v) is 5.14. The van der Waals surface area contributed by atoms with Crippen LogP contribution in [0.1, 0.15) is 31.1 Å². The minimum atomic E-state index is -1.02. The molecule has 112 valence electrons. The van der Waals surface area contributed by atoms with Crippen molar-refractivity contribution in [1.82, 2.24) is 5.32 Å². The smallest absolute Gasteiger partial charge is 0.338 e. The van der Waals surface area contributed by atoms with Crippen LogP contribution in [0.25, 0.3) is 0 Å². The Morgan fingerprint density at radius 1 is 1.48 bits per heavy atom. The molecule has 1 aromatic carbocycles. The zero-order chi connectivity index (χ0) is 16.0. The standard InChI is InChI=1S/C15H18N2O4/c1-10(2)15(3,9-16)17-13(19)8-21-14(20)11-5-4-6-12(18)7-11/h4-7,10,18H,8H2,1-3H3,(H,17,19)/t15-/m0/s1. The monoisotopic (exact) mass is 290 g/mol. The number of phenols is 1. The first-order valence-electron chi connectivity index (χ1n) is 6.47. The Morgan fingerprint density at radius 2 is 2.14 bits per heavy atom. The average Bonchev–Trinajstić information content (AvgIpc) is 2.44. The molecule has 0 saturated carbocycles. The lowest BCUT2D eigenvalue weighted by Gasteiger charge is -2.27. The van der Waals surface area contributed by atoms with E-state index in [-0.39, 0.29) is 17.2 Å². The molecule has 0 aliphatic heterocycles. The van der Waals surface area contributed by atoms with Crippen LogP contribution in [-0.4, -0.2) is 29.1 Å². The van der Waals surface area contributed by atoms with Gasteiger partial charge in [-0.15, -0.1) is 0 Å². The van der Waals surface area contributed by atoms with Crippen LogP contribution in [0.3, 0.4) is 0 Å². The molecule has 0 unspecified atom stereocenters. The van der Waals surface area contributed by atoms with E-state index in [1.54, 1.807) is 6.92 Å². The van der Waals surface area contributed by atoms with Crippen LogP contribution in [0, 0.1) is 17.2 Å². The first-order valence-corrected chi connectivity index (χ1v) is 6.47. The van der Waals surface area contributed by atoms with Gasteiger partial charge in [-0.3, -0.25) is 4.79 Å². The van der Waals surface area contributed by atoms with Gasteiger partial charge in [-0.05, 0) is 31.0 Å². The topological polar surface area (TPSA) is 99.4 Å². The third kappa shape index (κ3) is 4.49. The van der Waals surface area contributed by atoms with Crippen molar-refractivity contribution in [1.29, 1.82) is 5.26 Å². The summed E-state index contributed by atoms with van der Waals surface area (Å²) in [6.45, 7) is 4.73. The van der Waals surface area contributed by atoms with Crippen LogP contribution in [0.5, 0.6) is 5.75 Å². The Bertz CT molecular complexity index is 577. The Hall–Kier alpha value is -2.55. The average molecular weight is 290 g/mol. The fourth-order valence-electron chi connectivity index (χ4n) is 1.47. The number of carbonyl (C=O) groups is 2. The Morgan fingerprint density at radius 3 is 2.67 bits per heavy atom. The van der Waals surface area contributed by atoms with Crippen molar-refractivity contribution in [2.24, 2.45) is 5.92 Å². The number of esters is 1. The summed E-state index contributed by atoms with van der Waals surface area (Å²) in [5.41, 5.74) is -0.871. The first kappa shape index (κ1) is 16.5. The van der Waals surface area contributed by atoms with Gasteiger partial charge in [0.15, 0.2) is 6.61 Å². The summed E-state index contributed by atoms with van der Waals surface area (Å²) in [6.07, 6.45) is 0. The van der Waals surface area contributed by atoms with Crippen molar-refractivity contribution in [3.05, 3.63) is 29.8 Å². The molecule has 0 spiro atoms. The summed E-state index contributed by atoms with van der Waals surface area (Å²) < 4.78 is 4.84. The number of ether oxygens (including phenoxy) is 1. The molecule has 0 radical (unpaired) electrons. The lowest BCUT2D eigenvalue weighted by Crippen LogP contribution is -2.50. The summed E-state index contributed by atoms with van der Waals surface area (Å²) in [5, 5.41) is 20.9. The third-order valence-corrected chi connectivity index (χ3v) is 3.20. The Kier molecular flexibility index (Phi) is 5.30. The number of rotatable bonds is 5. The van der Waals surface area contributed by atoms with E-state index in [4.69, 9.17) is 10.00 Å². The molecule has 0 aliphatic carbocycles. The van der Waals surface area contributed by atoms with Crippen molar-refractivity contribution in [2.45, 2.75) is 26.3 Å². The number of nitriles is 1. The molecule has 1 aromatic rings. The van der Waals surface area contributed by atoms with Gasteiger partial charge < -0.3 is 15.2 Å². The molecule has 6 heteroatoms. The lowest BCUT2D eigenvalue weighted by molar-refractivity contribution is -0.125. The largest absolute Gasteiger partial charge is 0.508 e. The molecule has 0 saturated heterocycles. The molecule has 0 aliphatic rings. The van der Waals surface area contributed by atoms with Crippen molar-refractivity contribution in [2.75, 3.05) is 6.61 Å². The third-order valence-electron chi connectivity index (χ3n) is 3.20. The predicted octanol–water partition coefficient (Wildman–Crippen LogP) is 1.60. The van der Waals surface area contributed by atoms with E-state index in [1.165, 1.54) is 24.3 Å². The van der Waals surface area contributed by atoms with Gasteiger partial charge in [0.1, 0.15) is 11.3 Å². The van der Waals surface area contributed by atoms with E-state index < -0.39 is 24.0 Å². The fourth-order valence-corrected chi connectivity index (χ4v) is 1.47. The van der Waals surface area contributed by atoms with E-state index in [2.05, 4.69) is 5.32 Å². The predicted molar refractivity (Wildman–Crippen MR) is 75.4 cm³/mol. The minimum absolute atomic E-state index is 0.0641. The minimum Gasteiger partial charge on any atom is -0.508 e. The van der Waals surface area contributed by atoms with Crippen LogP contribution >= 0.6 is 0 Å². The highest BCUT2D eigenvalue weighted by Gasteiger charge is 2.30. The van der Waals surface area contributed by atoms with Crippen molar-refractivity contribution < 1.29 is 19.4 Å². The summed E-state index contributed by atoms with van der Waals surface area (Å²) in [7, 11) is 0. The number of benzene rings is 1. The maximum atomic E-state index is 11.7. The van der Waals surface area contributed by atoms with E-state index in [9.17, 15) is 14.7 Å². The molecule has 2 N–H and O–H groups in total. The maximum absolute atomic E-state index is 11.7. The molecule has 0 heterocycles. The van der Waals surface area contributed by atoms with E-state index in [0.29, 0.717) is 0 Å². The molecule has 1 atom stereocenters. The number of carbonyl (C=O) groups excluding carboxylic acids is 2. The number of hydrogen-bond acceptors (Lipinski definition) is 5. The molecule has 1 amide bonds. The van der Waals surface area contributed by atoms with Gasteiger partial charge in [0.05, 0.1) is 11.6 Å². The Labute approximate surface area is 123 Å². The quantitative estimate of drug-likeness (QED) is 0.802. The number of phenolic OH excluding ortho intramolecular Hbond substituents is 1. The van der Waals surface area contributed by atoms with Crippen LogP contribution in [-0.2, 0) is 9.53 Å². The zero-order valence-electron chi connectivity index (χ0n) is 12.2. The van der Waals surface area contributed by atoms with Gasteiger partial charge in [0.2, 0.25) is 0 Å². The van der Waals surface area contributed by atoms with Gasteiger partial charge in [0.25, 0.3) is 5.91 Å². The number of aromatic hydroxyl groups is 1.